The van der Waals surface area contributed by atoms with E-state index in [9.17, 15) is 8.42 Å². The highest BCUT2D eigenvalue weighted by Crippen LogP contribution is 2.22. The monoisotopic (exact) mass is 272 g/mol. The molecule has 0 aromatic heterocycles. The highest BCUT2D eigenvalue weighted by atomic mass is 32.3. The highest BCUT2D eigenvalue weighted by Gasteiger charge is 2.22. The minimum Gasteiger partial charge on any atom is -0.285 e. The molecule has 1 N–H and O–H groups in total. The molecule has 1 atom stereocenters. The molecule has 6 heteroatoms. The molecular formula is C9H20O3S3. The van der Waals surface area contributed by atoms with Crippen molar-refractivity contribution in [1.29, 1.82) is 0 Å². The molecule has 0 radical (unpaired) electrons. The molecule has 0 heterocycles. The SMILES string of the molecule is CCCSCCC(SCCC)S(=O)(=O)O. The van der Waals surface area contributed by atoms with Crippen LogP contribution in [0, 0.1) is 0 Å². The van der Waals surface area contributed by atoms with Crippen LogP contribution in [-0.4, -0.2) is 34.8 Å². The van der Waals surface area contributed by atoms with Gasteiger partial charge in [-0.3, -0.25) is 4.55 Å². The van der Waals surface area contributed by atoms with E-state index in [1.165, 1.54) is 11.8 Å². The minimum absolute atomic E-state index is 0.536. The van der Waals surface area contributed by atoms with Crippen molar-refractivity contribution >= 4 is 33.6 Å². The normalized spacial score (nSPS) is 14.1. The lowest BCUT2D eigenvalue weighted by Crippen LogP contribution is -2.18. The van der Waals surface area contributed by atoms with Crippen LogP contribution in [0.15, 0.2) is 0 Å². The van der Waals surface area contributed by atoms with Crippen molar-refractivity contribution in [3.05, 3.63) is 0 Å². The van der Waals surface area contributed by atoms with Crippen LogP contribution in [0.4, 0.5) is 0 Å². The van der Waals surface area contributed by atoms with Gasteiger partial charge < -0.3 is 0 Å². The first-order valence-electron chi connectivity index (χ1n) is 5.18. The molecule has 0 aliphatic carbocycles. The van der Waals surface area contributed by atoms with Crippen molar-refractivity contribution in [3.63, 3.8) is 0 Å². The van der Waals surface area contributed by atoms with E-state index in [0.29, 0.717) is 6.42 Å². The second-order valence-electron chi connectivity index (χ2n) is 3.22. The van der Waals surface area contributed by atoms with Gasteiger partial charge in [0, 0.05) is 0 Å². The van der Waals surface area contributed by atoms with E-state index in [1.807, 2.05) is 6.92 Å². The summed E-state index contributed by atoms with van der Waals surface area (Å²) in [5.41, 5.74) is 0. The molecule has 3 nitrogen and oxygen atoms in total. The van der Waals surface area contributed by atoms with E-state index in [1.54, 1.807) is 11.8 Å². The van der Waals surface area contributed by atoms with Gasteiger partial charge in [0.1, 0.15) is 4.58 Å². The van der Waals surface area contributed by atoms with E-state index >= 15 is 0 Å². The van der Waals surface area contributed by atoms with Crippen LogP contribution in [-0.2, 0) is 10.1 Å². The third kappa shape index (κ3) is 8.42. The van der Waals surface area contributed by atoms with Crippen LogP contribution in [0.3, 0.4) is 0 Å². The van der Waals surface area contributed by atoms with E-state index < -0.39 is 14.7 Å². The van der Waals surface area contributed by atoms with Gasteiger partial charge in [0.2, 0.25) is 0 Å². The van der Waals surface area contributed by atoms with Gasteiger partial charge in [-0.05, 0) is 36.5 Å². The molecule has 0 amide bonds. The standard InChI is InChI=1S/C9H20O3S3/c1-3-6-13-8-5-9(14-7-4-2)15(10,11)12/h9H,3-8H2,1-2H3,(H,10,11,12). The Morgan fingerprint density at radius 3 is 2.20 bits per heavy atom. The van der Waals surface area contributed by atoms with E-state index in [2.05, 4.69) is 6.92 Å². The summed E-state index contributed by atoms with van der Waals surface area (Å²) in [6.07, 6.45) is 2.57. The first-order valence-corrected chi connectivity index (χ1v) is 8.88. The summed E-state index contributed by atoms with van der Waals surface area (Å²) >= 11 is 3.08. The van der Waals surface area contributed by atoms with Gasteiger partial charge >= 0.3 is 0 Å². The van der Waals surface area contributed by atoms with Gasteiger partial charge in [-0.15, -0.1) is 11.8 Å². The van der Waals surface area contributed by atoms with Gasteiger partial charge in [-0.1, -0.05) is 13.8 Å². The Morgan fingerprint density at radius 1 is 1.13 bits per heavy atom. The Morgan fingerprint density at radius 2 is 1.73 bits per heavy atom. The quantitative estimate of drug-likeness (QED) is 0.516. The zero-order valence-electron chi connectivity index (χ0n) is 9.31. The van der Waals surface area contributed by atoms with Crippen LogP contribution in [0.2, 0.25) is 0 Å². The second kappa shape index (κ2) is 8.73. The van der Waals surface area contributed by atoms with E-state index in [0.717, 1.165) is 30.1 Å². The van der Waals surface area contributed by atoms with Crippen LogP contribution >= 0.6 is 23.5 Å². The largest absolute Gasteiger partial charge is 0.285 e. The molecule has 0 aliphatic heterocycles. The topological polar surface area (TPSA) is 54.4 Å². The van der Waals surface area contributed by atoms with Gasteiger partial charge in [0.15, 0.2) is 0 Å². The van der Waals surface area contributed by atoms with Crippen LogP contribution in [0.5, 0.6) is 0 Å². The molecular weight excluding hydrogens is 252 g/mol. The number of rotatable bonds is 9. The summed E-state index contributed by atoms with van der Waals surface area (Å²) in [5.74, 6) is 2.63. The Hall–Kier alpha value is 0.610. The van der Waals surface area contributed by atoms with Gasteiger partial charge in [-0.25, -0.2) is 0 Å². The molecule has 1 unspecified atom stereocenters. The minimum atomic E-state index is -3.87. The van der Waals surface area contributed by atoms with Crippen LogP contribution in [0.25, 0.3) is 0 Å². The third-order valence-corrected chi connectivity index (χ3v) is 6.20. The fourth-order valence-corrected chi connectivity index (χ4v) is 4.36. The summed E-state index contributed by atoms with van der Waals surface area (Å²) in [4.78, 5) is 0. The van der Waals surface area contributed by atoms with Crippen molar-refractivity contribution in [2.24, 2.45) is 0 Å². The lowest BCUT2D eigenvalue weighted by Gasteiger charge is -2.12. The number of thioether (sulfide) groups is 2. The molecule has 0 spiro atoms. The summed E-state index contributed by atoms with van der Waals surface area (Å²) in [6, 6.07) is 0. The predicted molar refractivity (Wildman–Crippen MR) is 70.3 cm³/mol. The summed E-state index contributed by atoms with van der Waals surface area (Å²) in [7, 11) is -3.87. The average molecular weight is 272 g/mol. The Labute approximate surface area is 102 Å². The molecule has 0 rings (SSSR count). The maximum Gasteiger partial charge on any atom is 0.277 e. The first kappa shape index (κ1) is 15.6. The van der Waals surface area contributed by atoms with E-state index in [4.69, 9.17) is 4.55 Å². The van der Waals surface area contributed by atoms with Crippen molar-refractivity contribution in [2.75, 3.05) is 17.3 Å². The molecule has 0 fully saturated rings. The molecule has 0 saturated carbocycles. The molecule has 0 aromatic rings. The fraction of sp³-hybridized carbons (Fsp3) is 1.00. The summed E-state index contributed by atoms with van der Waals surface area (Å²) < 4.78 is 30.4. The smallest absolute Gasteiger partial charge is 0.277 e. The van der Waals surface area contributed by atoms with Gasteiger partial charge in [0.05, 0.1) is 0 Å². The molecule has 15 heavy (non-hydrogen) atoms. The summed E-state index contributed by atoms with van der Waals surface area (Å²) in [5, 5.41) is 0. The summed E-state index contributed by atoms with van der Waals surface area (Å²) in [6.45, 7) is 4.10. The average Bonchev–Trinajstić information content (AvgIpc) is 2.15. The zero-order valence-corrected chi connectivity index (χ0v) is 11.8. The maximum absolute atomic E-state index is 11.0. The molecule has 92 valence electrons. The van der Waals surface area contributed by atoms with Crippen molar-refractivity contribution in [3.8, 4) is 0 Å². The molecule has 0 saturated heterocycles. The second-order valence-corrected chi connectivity index (χ2v) is 7.65. The number of hydrogen-bond acceptors (Lipinski definition) is 4. The Balaban J connectivity index is 3.92. The molecule has 0 bridgehead atoms. The van der Waals surface area contributed by atoms with Crippen molar-refractivity contribution < 1.29 is 13.0 Å². The van der Waals surface area contributed by atoms with Crippen LogP contribution < -0.4 is 0 Å². The fourth-order valence-electron chi connectivity index (χ4n) is 0.994. The Bertz CT molecular complexity index is 239. The highest BCUT2D eigenvalue weighted by molar-refractivity contribution is 8.11. The zero-order chi connectivity index (χ0) is 11.7. The Kier molecular flexibility index (Phi) is 9.08. The first-order chi connectivity index (χ1) is 7.02. The van der Waals surface area contributed by atoms with E-state index in [-0.39, 0.29) is 0 Å². The third-order valence-electron chi connectivity index (χ3n) is 1.69. The number of hydrogen-bond donors (Lipinski definition) is 1. The lowest BCUT2D eigenvalue weighted by molar-refractivity contribution is 0.479. The van der Waals surface area contributed by atoms with Gasteiger partial charge in [-0.2, -0.15) is 20.2 Å². The maximum atomic E-state index is 11.0. The molecule has 0 aliphatic rings. The van der Waals surface area contributed by atoms with Crippen molar-refractivity contribution in [2.45, 2.75) is 37.7 Å². The van der Waals surface area contributed by atoms with Crippen LogP contribution in [0.1, 0.15) is 33.1 Å². The predicted octanol–water partition coefficient (Wildman–Crippen LogP) is 2.88. The molecule has 0 aromatic carbocycles. The van der Waals surface area contributed by atoms with Gasteiger partial charge in [0.25, 0.3) is 10.1 Å². The lowest BCUT2D eigenvalue weighted by atomic mass is 10.6. The van der Waals surface area contributed by atoms with Crippen molar-refractivity contribution in [1.82, 2.24) is 0 Å².